The third-order valence-corrected chi connectivity index (χ3v) is 5.52. The number of amides is 1. The normalized spacial score (nSPS) is 13.2. The second-order valence-corrected chi connectivity index (χ2v) is 8.29. The van der Waals surface area contributed by atoms with Crippen LogP contribution < -0.4 is 5.32 Å². The van der Waals surface area contributed by atoms with Crippen LogP contribution in [0.4, 0.5) is 0 Å². The summed E-state index contributed by atoms with van der Waals surface area (Å²) < 4.78 is 24.5. The van der Waals surface area contributed by atoms with E-state index in [1.54, 1.807) is 31.2 Å². The lowest BCUT2D eigenvalue weighted by atomic mass is 10.1. The first-order valence-electron chi connectivity index (χ1n) is 6.96. The molecule has 0 aromatic heterocycles. The van der Waals surface area contributed by atoms with Gasteiger partial charge in [-0.2, -0.15) is 0 Å². The molecule has 0 fully saturated rings. The Kier molecular flexibility index (Phi) is 6.68. The number of carbonyl (C=O) groups is 1. The minimum atomic E-state index is -3.53. The quantitative estimate of drug-likeness (QED) is 0.835. The molecule has 6 heteroatoms. The predicted octanol–water partition coefficient (Wildman–Crippen LogP) is 2.98. The highest BCUT2D eigenvalue weighted by Gasteiger charge is 2.25. The summed E-state index contributed by atoms with van der Waals surface area (Å²) in [5, 5.41) is 2.47. The first kappa shape index (κ1) is 18.0. The van der Waals surface area contributed by atoms with Crippen molar-refractivity contribution in [3.05, 3.63) is 34.9 Å². The Balaban J connectivity index is 2.63. The Morgan fingerprint density at radius 3 is 2.29 bits per heavy atom. The van der Waals surface area contributed by atoms with Crippen LogP contribution in [0.2, 0.25) is 5.02 Å². The number of benzene rings is 1. The topological polar surface area (TPSA) is 63.2 Å². The Bertz CT molecular complexity index is 567. The summed E-state index contributed by atoms with van der Waals surface area (Å²) in [6.07, 6.45) is 0.832. The van der Waals surface area contributed by atoms with Crippen LogP contribution in [0.25, 0.3) is 0 Å². The molecule has 1 atom stereocenters. The number of sulfone groups is 1. The van der Waals surface area contributed by atoms with Crippen molar-refractivity contribution in [1.29, 1.82) is 0 Å². The first-order valence-corrected chi connectivity index (χ1v) is 9.05. The van der Waals surface area contributed by atoms with Crippen LogP contribution in [0.1, 0.15) is 38.0 Å². The van der Waals surface area contributed by atoms with Crippen LogP contribution in [0, 0.1) is 5.92 Å². The number of rotatable bonds is 7. The van der Waals surface area contributed by atoms with E-state index in [4.69, 9.17) is 11.6 Å². The maximum absolute atomic E-state index is 12.2. The van der Waals surface area contributed by atoms with Gasteiger partial charge in [0.05, 0.1) is 5.25 Å². The van der Waals surface area contributed by atoms with Crippen molar-refractivity contribution in [3.63, 3.8) is 0 Å². The van der Waals surface area contributed by atoms with Crippen molar-refractivity contribution in [2.45, 2.75) is 32.4 Å². The highest BCUT2D eigenvalue weighted by molar-refractivity contribution is 7.92. The molecule has 0 spiro atoms. The molecule has 4 nitrogen and oxygen atoms in total. The van der Waals surface area contributed by atoms with Gasteiger partial charge in [-0.15, -0.1) is 0 Å². The van der Waals surface area contributed by atoms with E-state index in [0.717, 1.165) is 6.42 Å². The van der Waals surface area contributed by atoms with Crippen LogP contribution in [-0.4, -0.2) is 26.6 Å². The summed E-state index contributed by atoms with van der Waals surface area (Å²) in [6.45, 7) is 6.18. The summed E-state index contributed by atoms with van der Waals surface area (Å²) >= 11 is 5.78. The Morgan fingerprint density at radius 2 is 1.76 bits per heavy atom. The monoisotopic (exact) mass is 331 g/mol. The zero-order valence-corrected chi connectivity index (χ0v) is 14.2. The molecule has 0 aliphatic heterocycles. The summed E-state index contributed by atoms with van der Waals surface area (Å²) in [5.41, 5.74) is 0.634. The lowest BCUT2D eigenvalue weighted by Gasteiger charge is -2.14. The highest BCUT2D eigenvalue weighted by Crippen LogP contribution is 2.23. The number of halogens is 1. The smallest absolute Gasteiger partial charge is 0.235 e. The van der Waals surface area contributed by atoms with Gasteiger partial charge in [0.1, 0.15) is 5.75 Å². The second kappa shape index (κ2) is 7.80. The number of carbonyl (C=O) groups excluding carboxylic acids is 1. The molecule has 118 valence electrons. The van der Waals surface area contributed by atoms with Crippen molar-refractivity contribution in [2.75, 3.05) is 12.3 Å². The van der Waals surface area contributed by atoms with Gasteiger partial charge in [-0.1, -0.05) is 37.6 Å². The lowest BCUT2D eigenvalue weighted by Crippen LogP contribution is -2.32. The van der Waals surface area contributed by atoms with E-state index in [1.165, 1.54) is 0 Å². The van der Waals surface area contributed by atoms with Crippen LogP contribution >= 0.6 is 11.6 Å². The van der Waals surface area contributed by atoms with Gasteiger partial charge < -0.3 is 5.32 Å². The average molecular weight is 332 g/mol. The van der Waals surface area contributed by atoms with Crippen molar-refractivity contribution in [3.8, 4) is 0 Å². The van der Waals surface area contributed by atoms with E-state index >= 15 is 0 Å². The summed E-state index contributed by atoms with van der Waals surface area (Å²) in [7, 11) is -3.53. The number of nitrogens with one attached hydrogen (secondary N) is 1. The molecule has 1 amide bonds. The zero-order valence-electron chi connectivity index (χ0n) is 12.6. The molecule has 1 aromatic carbocycles. The molecule has 0 radical (unpaired) electrons. The molecule has 0 aliphatic rings. The molecular formula is C15H22ClNO3S. The summed E-state index contributed by atoms with van der Waals surface area (Å²) in [5.74, 6) is -0.471. The minimum Gasteiger partial charge on any atom is -0.355 e. The van der Waals surface area contributed by atoms with Crippen molar-refractivity contribution in [2.24, 2.45) is 5.92 Å². The highest BCUT2D eigenvalue weighted by atomic mass is 35.5. The fourth-order valence-corrected chi connectivity index (χ4v) is 3.22. The number of hydrogen-bond donors (Lipinski definition) is 1. The zero-order chi connectivity index (χ0) is 16.0. The SMILES string of the molecule is CC(C)CCNC(=O)CS(=O)(=O)C(C)c1ccc(Cl)cc1. The third-order valence-electron chi connectivity index (χ3n) is 3.25. The van der Waals surface area contributed by atoms with Crippen LogP contribution in [0.15, 0.2) is 24.3 Å². The van der Waals surface area contributed by atoms with Crippen molar-refractivity contribution < 1.29 is 13.2 Å². The van der Waals surface area contributed by atoms with Crippen LogP contribution in [0.5, 0.6) is 0 Å². The Morgan fingerprint density at radius 1 is 1.19 bits per heavy atom. The molecule has 0 aliphatic carbocycles. The largest absolute Gasteiger partial charge is 0.355 e. The third kappa shape index (κ3) is 6.06. The molecule has 1 N–H and O–H groups in total. The van der Waals surface area contributed by atoms with E-state index in [-0.39, 0.29) is 0 Å². The van der Waals surface area contributed by atoms with Gasteiger partial charge >= 0.3 is 0 Å². The van der Waals surface area contributed by atoms with Gasteiger partial charge in [-0.25, -0.2) is 8.42 Å². The van der Waals surface area contributed by atoms with Gasteiger partial charge in [-0.05, 0) is 37.0 Å². The number of hydrogen-bond acceptors (Lipinski definition) is 3. The van der Waals surface area contributed by atoms with Crippen LogP contribution in [0.3, 0.4) is 0 Å². The molecule has 1 rings (SSSR count). The van der Waals surface area contributed by atoms with Gasteiger partial charge in [0.2, 0.25) is 5.91 Å². The summed E-state index contributed by atoms with van der Waals surface area (Å²) in [4.78, 5) is 11.7. The molecule has 1 aromatic rings. The Labute approximate surface area is 131 Å². The van der Waals surface area contributed by atoms with Gasteiger partial charge in [0.15, 0.2) is 9.84 Å². The minimum absolute atomic E-state index is 0.448. The molecule has 0 saturated carbocycles. The van der Waals surface area contributed by atoms with Gasteiger partial charge in [0.25, 0.3) is 0 Å². The van der Waals surface area contributed by atoms with Crippen LogP contribution in [-0.2, 0) is 14.6 Å². The average Bonchev–Trinajstić information content (AvgIpc) is 2.37. The molecule has 0 saturated heterocycles. The van der Waals surface area contributed by atoms with E-state index in [2.05, 4.69) is 5.32 Å². The molecule has 0 heterocycles. The lowest BCUT2D eigenvalue weighted by molar-refractivity contribution is -0.118. The maximum Gasteiger partial charge on any atom is 0.235 e. The van der Waals surface area contributed by atoms with Crippen molar-refractivity contribution >= 4 is 27.3 Å². The van der Waals surface area contributed by atoms with Gasteiger partial charge in [0, 0.05) is 11.6 Å². The summed E-state index contributed by atoms with van der Waals surface area (Å²) in [6, 6.07) is 6.62. The molecule has 0 bridgehead atoms. The molecule has 21 heavy (non-hydrogen) atoms. The fraction of sp³-hybridized carbons (Fsp3) is 0.533. The standard InChI is InChI=1S/C15H22ClNO3S/c1-11(2)8-9-17-15(18)10-21(19,20)12(3)13-4-6-14(16)7-5-13/h4-7,11-12H,8-10H2,1-3H3,(H,17,18). The fourth-order valence-electron chi connectivity index (χ4n) is 1.80. The first-order chi connectivity index (χ1) is 9.72. The van der Waals surface area contributed by atoms with E-state index in [9.17, 15) is 13.2 Å². The van der Waals surface area contributed by atoms with E-state index < -0.39 is 26.7 Å². The van der Waals surface area contributed by atoms with Gasteiger partial charge in [-0.3, -0.25) is 4.79 Å². The Hall–Kier alpha value is -1.07. The van der Waals surface area contributed by atoms with Crippen molar-refractivity contribution in [1.82, 2.24) is 5.32 Å². The van der Waals surface area contributed by atoms with E-state index in [1.807, 2.05) is 13.8 Å². The van der Waals surface area contributed by atoms with E-state index in [0.29, 0.717) is 23.0 Å². The molecular weight excluding hydrogens is 310 g/mol. The predicted molar refractivity (Wildman–Crippen MR) is 86.1 cm³/mol. The molecule has 1 unspecified atom stereocenters. The second-order valence-electron chi connectivity index (χ2n) is 5.53. The maximum atomic E-state index is 12.2.